The summed E-state index contributed by atoms with van der Waals surface area (Å²) in [5, 5.41) is 0.0510. The van der Waals surface area contributed by atoms with Crippen LogP contribution in [0.4, 0.5) is 10.1 Å². The van der Waals surface area contributed by atoms with Gasteiger partial charge in [-0.3, -0.25) is 0 Å². The molecule has 0 atom stereocenters. The van der Waals surface area contributed by atoms with Crippen LogP contribution in [0, 0.1) is 5.82 Å². The molecule has 0 amide bonds. The maximum absolute atomic E-state index is 12.5. The molecule has 1 nitrogen and oxygen atoms in total. The van der Waals surface area contributed by atoms with Gasteiger partial charge in [-0.2, -0.15) is 0 Å². The number of nitrogens with two attached hydrogens (primary N) is 1. The normalized spacial score (nSPS) is 9.00. The van der Waals surface area contributed by atoms with Crippen molar-refractivity contribution in [1.82, 2.24) is 0 Å². The monoisotopic (exact) mass is 215 g/mol. The standard InChI is InChI=1S/C6H4Cl2FN.ClH/c7-4-1-3(10)2-5(9)6(4)8;/h1-2H,10H2;1H. The Morgan fingerprint density at radius 2 is 1.82 bits per heavy atom. The van der Waals surface area contributed by atoms with E-state index in [1.807, 2.05) is 0 Å². The van der Waals surface area contributed by atoms with Crippen molar-refractivity contribution >= 4 is 41.3 Å². The second-order valence-electron chi connectivity index (χ2n) is 1.80. The van der Waals surface area contributed by atoms with Gasteiger partial charge in [-0.05, 0) is 12.1 Å². The smallest absolute Gasteiger partial charge is 0.145 e. The van der Waals surface area contributed by atoms with Crippen molar-refractivity contribution in [2.45, 2.75) is 0 Å². The van der Waals surface area contributed by atoms with Gasteiger partial charge in [0, 0.05) is 5.69 Å². The van der Waals surface area contributed by atoms with Gasteiger partial charge in [-0.15, -0.1) is 12.4 Å². The first kappa shape index (κ1) is 10.8. The van der Waals surface area contributed by atoms with E-state index in [0.717, 1.165) is 6.07 Å². The van der Waals surface area contributed by atoms with Crippen molar-refractivity contribution in [3.05, 3.63) is 28.0 Å². The quantitative estimate of drug-likeness (QED) is 0.523. The van der Waals surface area contributed by atoms with Crippen molar-refractivity contribution in [2.75, 3.05) is 5.73 Å². The van der Waals surface area contributed by atoms with Gasteiger partial charge >= 0.3 is 0 Å². The summed E-state index contributed by atoms with van der Waals surface area (Å²) in [6.45, 7) is 0. The number of hydrogen-bond donors (Lipinski definition) is 1. The van der Waals surface area contributed by atoms with Crippen LogP contribution in [0.2, 0.25) is 10.0 Å². The summed E-state index contributed by atoms with van der Waals surface area (Å²) in [5.41, 5.74) is 5.52. The average Bonchev–Trinajstić information content (AvgIpc) is 1.82. The number of halogens is 4. The molecule has 2 N–H and O–H groups in total. The molecule has 1 aromatic carbocycles. The number of nitrogen functional groups attached to an aromatic ring is 1. The number of benzene rings is 1. The van der Waals surface area contributed by atoms with E-state index in [1.165, 1.54) is 6.07 Å². The third kappa shape index (κ3) is 2.40. The fourth-order valence-electron chi connectivity index (χ4n) is 0.575. The zero-order valence-corrected chi connectivity index (χ0v) is 7.60. The fourth-order valence-corrected chi connectivity index (χ4v) is 0.900. The molecular formula is C6H5Cl3FN. The van der Waals surface area contributed by atoms with Gasteiger partial charge in [-0.1, -0.05) is 23.2 Å². The summed E-state index contributed by atoms with van der Waals surface area (Å²) in [4.78, 5) is 0. The molecule has 0 saturated carbocycles. The Labute approximate surface area is 79.7 Å². The van der Waals surface area contributed by atoms with Crippen molar-refractivity contribution < 1.29 is 4.39 Å². The van der Waals surface area contributed by atoms with Crippen LogP contribution in [0.15, 0.2) is 12.1 Å². The molecular weight excluding hydrogens is 211 g/mol. The molecule has 1 aromatic rings. The molecule has 0 saturated heterocycles. The van der Waals surface area contributed by atoms with Crippen LogP contribution >= 0.6 is 35.6 Å². The van der Waals surface area contributed by atoms with E-state index in [0.29, 0.717) is 0 Å². The van der Waals surface area contributed by atoms with Crippen LogP contribution < -0.4 is 5.73 Å². The van der Waals surface area contributed by atoms with Crippen molar-refractivity contribution in [3.8, 4) is 0 Å². The third-order valence-electron chi connectivity index (χ3n) is 1.01. The van der Waals surface area contributed by atoms with E-state index in [9.17, 15) is 4.39 Å². The molecule has 0 aliphatic rings. The van der Waals surface area contributed by atoms with Crippen molar-refractivity contribution in [2.24, 2.45) is 0 Å². The molecule has 62 valence electrons. The Morgan fingerprint density at radius 3 is 2.27 bits per heavy atom. The van der Waals surface area contributed by atoms with Crippen LogP contribution in [0.3, 0.4) is 0 Å². The zero-order valence-electron chi connectivity index (χ0n) is 5.27. The molecule has 11 heavy (non-hydrogen) atoms. The minimum atomic E-state index is -0.591. The van der Waals surface area contributed by atoms with Gasteiger partial charge in [0.2, 0.25) is 0 Å². The molecule has 1 rings (SSSR count). The molecule has 0 unspecified atom stereocenters. The van der Waals surface area contributed by atoms with Crippen LogP contribution in [0.5, 0.6) is 0 Å². The van der Waals surface area contributed by atoms with Crippen LogP contribution in [-0.4, -0.2) is 0 Å². The van der Waals surface area contributed by atoms with Gasteiger partial charge in [0.25, 0.3) is 0 Å². The Morgan fingerprint density at radius 1 is 1.27 bits per heavy atom. The Hall–Kier alpha value is -0.180. The SMILES string of the molecule is Cl.Nc1cc(F)c(Cl)c(Cl)c1. The zero-order chi connectivity index (χ0) is 7.72. The van der Waals surface area contributed by atoms with E-state index in [4.69, 9.17) is 28.9 Å². The Kier molecular flexibility index (Phi) is 3.93. The molecule has 0 bridgehead atoms. The highest BCUT2D eigenvalue weighted by atomic mass is 35.5. The topological polar surface area (TPSA) is 26.0 Å². The van der Waals surface area contributed by atoms with Gasteiger partial charge in [0.05, 0.1) is 10.0 Å². The highest BCUT2D eigenvalue weighted by Gasteiger charge is 2.04. The van der Waals surface area contributed by atoms with E-state index < -0.39 is 5.82 Å². The lowest BCUT2D eigenvalue weighted by Gasteiger charge is -1.97. The minimum absolute atomic E-state index is 0. The molecule has 0 fully saturated rings. The summed E-state index contributed by atoms with van der Waals surface area (Å²) < 4.78 is 12.5. The highest BCUT2D eigenvalue weighted by molar-refractivity contribution is 6.42. The fraction of sp³-hybridized carbons (Fsp3) is 0. The maximum Gasteiger partial charge on any atom is 0.145 e. The van der Waals surface area contributed by atoms with E-state index in [2.05, 4.69) is 0 Å². The third-order valence-corrected chi connectivity index (χ3v) is 1.79. The molecule has 0 heterocycles. The van der Waals surface area contributed by atoms with Gasteiger partial charge in [0.15, 0.2) is 0 Å². The van der Waals surface area contributed by atoms with Gasteiger partial charge in [-0.25, -0.2) is 4.39 Å². The predicted molar refractivity (Wildman–Crippen MR) is 48.1 cm³/mol. The van der Waals surface area contributed by atoms with Crippen LogP contribution in [-0.2, 0) is 0 Å². The second kappa shape index (κ2) is 4.00. The first-order valence-electron chi connectivity index (χ1n) is 2.51. The first-order valence-corrected chi connectivity index (χ1v) is 3.27. The Balaban J connectivity index is 0.000001000. The van der Waals surface area contributed by atoms with Gasteiger partial charge in [0.1, 0.15) is 5.82 Å². The van der Waals surface area contributed by atoms with Crippen molar-refractivity contribution in [1.29, 1.82) is 0 Å². The lowest BCUT2D eigenvalue weighted by molar-refractivity contribution is 0.629. The highest BCUT2D eigenvalue weighted by Crippen LogP contribution is 2.26. The van der Waals surface area contributed by atoms with E-state index >= 15 is 0 Å². The second-order valence-corrected chi connectivity index (χ2v) is 2.58. The number of hydrogen-bond acceptors (Lipinski definition) is 1. The molecule has 5 heteroatoms. The molecule has 0 aliphatic heterocycles. The summed E-state index contributed by atoms with van der Waals surface area (Å²) >= 11 is 10.9. The lowest BCUT2D eigenvalue weighted by atomic mass is 10.3. The molecule has 0 aromatic heterocycles. The maximum atomic E-state index is 12.5. The lowest BCUT2D eigenvalue weighted by Crippen LogP contribution is -1.87. The summed E-state index contributed by atoms with van der Waals surface area (Å²) in [7, 11) is 0. The van der Waals surface area contributed by atoms with Crippen LogP contribution in [0.25, 0.3) is 0 Å². The summed E-state index contributed by atoms with van der Waals surface area (Å²) in [6.07, 6.45) is 0. The number of anilines is 1. The Bertz CT molecular complexity index is 241. The van der Waals surface area contributed by atoms with E-state index in [-0.39, 0.29) is 28.1 Å². The van der Waals surface area contributed by atoms with Crippen molar-refractivity contribution in [3.63, 3.8) is 0 Å². The largest absolute Gasteiger partial charge is 0.399 e. The van der Waals surface area contributed by atoms with Gasteiger partial charge < -0.3 is 5.73 Å². The van der Waals surface area contributed by atoms with E-state index in [1.54, 1.807) is 0 Å². The van der Waals surface area contributed by atoms with Crippen LogP contribution in [0.1, 0.15) is 0 Å². The minimum Gasteiger partial charge on any atom is -0.399 e. The molecule has 0 spiro atoms. The average molecular weight is 216 g/mol. The molecule has 0 aliphatic carbocycles. The number of rotatable bonds is 0. The summed E-state index contributed by atoms with van der Waals surface area (Å²) in [5.74, 6) is -0.591. The predicted octanol–water partition coefficient (Wildman–Crippen LogP) is 3.14. The first-order chi connectivity index (χ1) is 4.61. The summed E-state index contributed by atoms with van der Waals surface area (Å²) in [6, 6.07) is 2.52. The molecule has 0 radical (unpaired) electrons.